The second-order valence-corrected chi connectivity index (χ2v) is 7.32. The van der Waals surface area contributed by atoms with Crippen molar-refractivity contribution in [2.45, 2.75) is 25.7 Å². The molecule has 2 N–H and O–H groups in total. The standard InChI is InChI=1S/C17H17N3O4S/c1-10-11(2)19-24-17(10)20-25(22,23)16-9-8-15(18-12(3)21)13-6-4-5-7-14(13)16/h4-9,20H,1-3H3,(H,18,21). The van der Waals surface area contributed by atoms with E-state index in [1.54, 1.807) is 44.2 Å². The number of amides is 1. The smallest absolute Gasteiger partial charge is 0.264 e. The first-order chi connectivity index (χ1) is 11.8. The fraction of sp³-hybridized carbons (Fsp3) is 0.176. The van der Waals surface area contributed by atoms with Crippen LogP contribution in [0.15, 0.2) is 45.8 Å². The third kappa shape index (κ3) is 3.20. The second kappa shape index (κ2) is 6.21. The molecule has 130 valence electrons. The Kier molecular flexibility index (Phi) is 4.22. The normalized spacial score (nSPS) is 11.5. The lowest BCUT2D eigenvalue weighted by Crippen LogP contribution is -2.14. The van der Waals surface area contributed by atoms with Gasteiger partial charge >= 0.3 is 0 Å². The maximum Gasteiger partial charge on any atom is 0.264 e. The number of rotatable bonds is 4. The monoisotopic (exact) mass is 359 g/mol. The summed E-state index contributed by atoms with van der Waals surface area (Å²) in [6.45, 7) is 4.85. The van der Waals surface area contributed by atoms with Crippen LogP contribution in [-0.4, -0.2) is 19.5 Å². The van der Waals surface area contributed by atoms with Gasteiger partial charge in [-0.2, -0.15) is 0 Å². The number of fused-ring (bicyclic) bond motifs is 1. The van der Waals surface area contributed by atoms with Crippen LogP contribution < -0.4 is 10.0 Å². The van der Waals surface area contributed by atoms with Gasteiger partial charge in [0.2, 0.25) is 11.8 Å². The number of sulfonamides is 1. The number of nitrogens with zero attached hydrogens (tertiary/aromatic N) is 1. The summed E-state index contributed by atoms with van der Waals surface area (Å²) in [4.78, 5) is 11.4. The second-order valence-electron chi connectivity index (χ2n) is 5.67. The molecule has 0 bridgehead atoms. The Morgan fingerprint density at radius 2 is 1.76 bits per heavy atom. The molecule has 0 aliphatic carbocycles. The van der Waals surface area contributed by atoms with Crippen molar-refractivity contribution in [2.75, 3.05) is 10.0 Å². The first-order valence-electron chi connectivity index (χ1n) is 7.54. The summed E-state index contributed by atoms with van der Waals surface area (Å²) >= 11 is 0. The summed E-state index contributed by atoms with van der Waals surface area (Å²) in [7, 11) is -3.89. The molecule has 1 heterocycles. The van der Waals surface area contributed by atoms with Gasteiger partial charge in [0.15, 0.2) is 0 Å². The summed E-state index contributed by atoms with van der Waals surface area (Å²) in [6.07, 6.45) is 0. The molecular formula is C17H17N3O4S. The largest absolute Gasteiger partial charge is 0.337 e. The number of aryl methyl sites for hydroxylation is 1. The molecule has 0 fully saturated rings. The predicted molar refractivity (Wildman–Crippen MR) is 95.0 cm³/mol. The summed E-state index contributed by atoms with van der Waals surface area (Å²) in [5.41, 5.74) is 1.79. The van der Waals surface area contributed by atoms with Crippen molar-refractivity contribution in [1.82, 2.24) is 5.16 Å². The molecule has 1 amide bonds. The number of hydrogen-bond acceptors (Lipinski definition) is 5. The number of anilines is 2. The van der Waals surface area contributed by atoms with Crippen molar-refractivity contribution in [3.8, 4) is 0 Å². The van der Waals surface area contributed by atoms with Crippen LogP contribution in [0.2, 0.25) is 0 Å². The zero-order valence-electron chi connectivity index (χ0n) is 14.0. The number of carbonyl (C=O) groups excluding carboxylic acids is 1. The predicted octanol–water partition coefficient (Wildman–Crippen LogP) is 3.20. The zero-order valence-corrected chi connectivity index (χ0v) is 14.8. The highest BCUT2D eigenvalue weighted by Crippen LogP contribution is 2.31. The van der Waals surface area contributed by atoms with Gasteiger partial charge in [-0.3, -0.25) is 4.79 Å². The Balaban J connectivity index is 2.12. The third-order valence-corrected chi connectivity index (χ3v) is 5.26. The highest BCUT2D eigenvalue weighted by Gasteiger charge is 2.22. The molecule has 0 atom stereocenters. The van der Waals surface area contributed by atoms with Crippen LogP contribution in [0.25, 0.3) is 10.8 Å². The molecule has 1 aromatic heterocycles. The molecular weight excluding hydrogens is 342 g/mol. The van der Waals surface area contributed by atoms with Crippen molar-refractivity contribution in [3.63, 3.8) is 0 Å². The zero-order chi connectivity index (χ0) is 18.2. The van der Waals surface area contributed by atoms with Gasteiger partial charge in [-0.1, -0.05) is 29.4 Å². The molecule has 0 saturated carbocycles. The van der Waals surface area contributed by atoms with Gasteiger partial charge < -0.3 is 9.84 Å². The van der Waals surface area contributed by atoms with Gasteiger partial charge in [0.1, 0.15) is 0 Å². The first-order valence-corrected chi connectivity index (χ1v) is 9.03. The molecule has 0 unspecified atom stereocenters. The first kappa shape index (κ1) is 17.0. The molecule has 3 aromatic rings. The number of hydrogen-bond donors (Lipinski definition) is 2. The van der Waals surface area contributed by atoms with Crippen LogP contribution >= 0.6 is 0 Å². The molecule has 0 spiro atoms. The van der Waals surface area contributed by atoms with E-state index < -0.39 is 10.0 Å². The van der Waals surface area contributed by atoms with E-state index in [-0.39, 0.29) is 16.7 Å². The Labute approximate surface area is 145 Å². The van der Waals surface area contributed by atoms with Gasteiger partial charge in [-0.05, 0) is 26.0 Å². The Hall–Kier alpha value is -2.87. The molecule has 0 radical (unpaired) electrons. The highest BCUT2D eigenvalue weighted by molar-refractivity contribution is 7.93. The summed E-state index contributed by atoms with van der Waals surface area (Å²) < 4.78 is 33.1. The lowest BCUT2D eigenvalue weighted by Gasteiger charge is -2.12. The summed E-state index contributed by atoms with van der Waals surface area (Å²) in [5.74, 6) is -0.140. The number of carbonyl (C=O) groups is 1. The van der Waals surface area contributed by atoms with Crippen molar-refractivity contribution in [1.29, 1.82) is 0 Å². The van der Waals surface area contributed by atoms with E-state index in [2.05, 4.69) is 15.2 Å². The molecule has 0 aliphatic rings. The van der Waals surface area contributed by atoms with E-state index in [0.717, 1.165) is 0 Å². The molecule has 3 rings (SSSR count). The minimum atomic E-state index is -3.89. The molecule has 25 heavy (non-hydrogen) atoms. The van der Waals surface area contributed by atoms with Gasteiger partial charge in [0.05, 0.1) is 10.6 Å². The van der Waals surface area contributed by atoms with Gasteiger partial charge in [-0.15, -0.1) is 0 Å². The minimum Gasteiger partial charge on any atom is -0.337 e. The van der Waals surface area contributed by atoms with E-state index >= 15 is 0 Å². The van der Waals surface area contributed by atoms with Crippen LogP contribution in [0.4, 0.5) is 11.6 Å². The minimum absolute atomic E-state index is 0.0886. The third-order valence-electron chi connectivity index (χ3n) is 3.87. The molecule has 7 nitrogen and oxygen atoms in total. The van der Waals surface area contributed by atoms with Crippen molar-refractivity contribution >= 4 is 38.3 Å². The van der Waals surface area contributed by atoms with E-state index in [9.17, 15) is 13.2 Å². The number of benzene rings is 2. The molecule has 2 aromatic carbocycles. The van der Waals surface area contributed by atoms with Crippen molar-refractivity contribution in [2.24, 2.45) is 0 Å². The lowest BCUT2D eigenvalue weighted by molar-refractivity contribution is -0.114. The molecule has 0 saturated heterocycles. The Morgan fingerprint density at radius 3 is 2.36 bits per heavy atom. The Morgan fingerprint density at radius 1 is 1.08 bits per heavy atom. The number of aromatic nitrogens is 1. The molecule has 0 aliphatic heterocycles. The van der Waals surface area contributed by atoms with Crippen LogP contribution in [0.3, 0.4) is 0 Å². The van der Waals surface area contributed by atoms with Gasteiger partial charge in [0.25, 0.3) is 10.0 Å². The van der Waals surface area contributed by atoms with Crippen molar-refractivity contribution in [3.05, 3.63) is 47.7 Å². The van der Waals surface area contributed by atoms with Gasteiger partial charge in [-0.25, -0.2) is 13.1 Å². The number of nitrogens with one attached hydrogen (secondary N) is 2. The fourth-order valence-corrected chi connectivity index (χ4v) is 3.75. The van der Waals surface area contributed by atoms with Crippen LogP contribution in [0.5, 0.6) is 0 Å². The average Bonchev–Trinajstić information content (AvgIpc) is 2.86. The Bertz CT molecular complexity index is 1070. The van der Waals surface area contributed by atoms with E-state index in [1.165, 1.54) is 13.0 Å². The van der Waals surface area contributed by atoms with E-state index in [0.29, 0.717) is 27.7 Å². The topological polar surface area (TPSA) is 101 Å². The van der Waals surface area contributed by atoms with Crippen LogP contribution in [0, 0.1) is 13.8 Å². The van der Waals surface area contributed by atoms with E-state index in [1.807, 2.05) is 0 Å². The lowest BCUT2D eigenvalue weighted by atomic mass is 10.1. The van der Waals surface area contributed by atoms with Crippen LogP contribution in [-0.2, 0) is 14.8 Å². The fourth-order valence-electron chi connectivity index (χ4n) is 2.49. The van der Waals surface area contributed by atoms with Crippen molar-refractivity contribution < 1.29 is 17.7 Å². The highest BCUT2D eigenvalue weighted by atomic mass is 32.2. The average molecular weight is 359 g/mol. The summed E-state index contributed by atoms with van der Waals surface area (Å²) in [6, 6.07) is 9.98. The molecule has 8 heteroatoms. The van der Waals surface area contributed by atoms with Gasteiger partial charge in [0, 0.05) is 28.9 Å². The van der Waals surface area contributed by atoms with Crippen LogP contribution in [0.1, 0.15) is 18.2 Å². The maximum absolute atomic E-state index is 12.8. The SMILES string of the molecule is CC(=O)Nc1ccc(S(=O)(=O)Nc2onc(C)c2C)c2ccccc12. The summed E-state index contributed by atoms with van der Waals surface area (Å²) in [5, 5.41) is 7.59. The van der Waals surface area contributed by atoms with E-state index in [4.69, 9.17) is 4.52 Å². The maximum atomic E-state index is 12.8. The quantitative estimate of drug-likeness (QED) is 0.745.